The van der Waals surface area contributed by atoms with Crippen molar-refractivity contribution in [3.05, 3.63) is 69.7 Å². The highest BCUT2D eigenvalue weighted by atomic mass is 35.5. The summed E-state index contributed by atoms with van der Waals surface area (Å²) in [5.74, 6) is -0.441. The third kappa shape index (κ3) is 6.60. The number of carboxylic acid groups (broad SMARTS) is 1. The Balaban J connectivity index is 1.27. The molecule has 4 rings (SSSR count). The number of carboxylic acids is 1. The second-order valence-electron chi connectivity index (χ2n) is 9.42. The first-order chi connectivity index (χ1) is 16.4. The van der Waals surface area contributed by atoms with Crippen molar-refractivity contribution >= 4 is 29.4 Å². The molecule has 2 aromatic rings. The number of ether oxygens (including phenoxy) is 1. The molecule has 1 N–H and O–H groups in total. The number of hydrogen-bond acceptors (Lipinski definition) is 4. The minimum Gasteiger partial charge on any atom is -0.481 e. The lowest BCUT2D eigenvalue weighted by atomic mass is 9.85. The van der Waals surface area contributed by atoms with Crippen molar-refractivity contribution in [1.82, 2.24) is 4.90 Å². The standard InChI is InChI=1S/C27H30ClNO5/c28-23-3-1-2-19(13-23)14-24(30)15-20-4-7-22-17-29(11-10-21(22)12-20)27(33)34-25-8-5-18(6-9-25)16-26(31)32/h1-4,7,12-13,18,25H,5-6,8-11,14-17H2,(H,31,32). The summed E-state index contributed by atoms with van der Waals surface area (Å²) < 4.78 is 5.73. The summed E-state index contributed by atoms with van der Waals surface area (Å²) in [6, 6.07) is 13.4. The molecule has 0 radical (unpaired) electrons. The third-order valence-corrected chi connectivity index (χ3v) is 6.99. The van der Waals surface area contributed by atoms with Crippen LogP contribution in [0.15, 0.2) is 42.5 Å². The second-order valence-corrected chi connectivity index (χ2v) is 9.86. The third-order valence-electron chi connectivity index (χ3n) is 6.76. The molecule has 1 heterocycles. The fourth-order valence-corrected chi connectivity index (χ4v) is 5.17. The zero-order chi connectivity index (χ0) is 24.1. The molecule has 1 saturated carbocycles. The number of amides is 1. The molecule has 1 aliphatic heterocycles. The van der Waals surface area contributed by atoms with Crippen LogP contribution in [0.3, 0.4) is 0 Å². The summed E-state index contributed by atoms with van der Waals surface area (Å²) in [5.41, 5.74) is 4.16. The van der Waals surface area contributed by atoms with E-state index in [9.17, 15) is 14.4 Å². The van der Waals surface area contributed by atoms with Crippen LogP contribution in [0.25, 0.3) is 0 Å². The van der Waals surface area contributed by atoms with E-state index in [1.807, 2.05) is 30.3 Å². The maximum Gasteiger partial charge on any atom is 0.410 e. The Labute approximate surface area is 204 Å². The van der Waals surface area contributed by atoms with E-state index in [4.69, 9.17) is 21.4 Å². The van der Waals surface area contributed by atoms with Gasteiger partial charge in [0.25, 0.3) is 0 Å². The van der Waals surface area contributed by atoms with Crippen LogP contribution in [0.4, 0.5) is 4.79 Å². The normalized spacial score (nSPS) is 19.9. The molecular formula is C27H30ClNO5. The van der Waals surface area contributed by atoms with E-state index < -0.39 is 5.97 Å². The quantitative estimate of drug-likeness (QED) is 0.583. The van der Waals surface area contributed by atoms with Gasteiger partial charge in [-0.1, -0.05) is 41.9 Å². The van der Waals surface area contributed by atoms with Gasteiger partial charge in [-0.05, 0) is 72.4 Å². The van der Waals surface area contributed by atoms with Crippen LogP contribution in [0.1, 0.15) is 54.4 Å². The van der Waals surface area contributed by atoms with Crippen molar-refractivity contribution in [2.75, 3.05) is 6.54 Å². The number of ketones is 1. The van der Waals surface area contributed by atoms with Gasteiger partial charge < -0.3 is 14.7 Å². The van der Waals surface area contributed by atoms with Crippen molar-refractivity contribution in [3.8, 4) is 0 Å². The van der Waals surface area contributed by atoms with E-state index >= 15 is 0 Å². The zero-order valence-electron chi connectivity index (χ0n) is 19.2. The summed E-state index contributed by atoms with van der Waals surface area (Å²) in [5, 5.41) is 9.58. The summed E-state index contributed by atoms with van der Waals surface area (Å²) in [6.07, 6.45) is 4.23. The van der Waals surface area contributed by atoms with Gasteiger partial charge in [-0.3, -0.25) is 9.59 Å². The minimum absolute atomic E-state index is 0.133. The van der Waals surface area contributed by atoms with E-state index in [-0.39, 0.29) is 30.3 Å². The van der Waals surface area contributed by atoms with Crippen LogP contribution in [-0.4, -0.2) is 40.5 Å². The van der Waals surface area contributed by atoms with E-state index in [2.05, 4.69) is 6.07 Å². The van der Waals surface area contributed by atoms with Gasteiger partial charge in [0.15, 0.2) is 0 Å². The Morgan fingerprint density at radius 2 is 1.71 bits per heavy atom. The topological polar surface area (TPSA) is 83.9 Å². The fraction of sp³-hybridized carbons (Fsp3) is 0.444. The van der Waals surface area contributed by atoms with Crippen molar-refractivity contribution < 1.29 is 24.2 Å². The molecule has 2 aromatic carbocycles. The predicted molar refractivity (Wildman–Crippen MR) is 129 cm³/mol. The molecule has 0 saturated heterocycles. The Morgan fingerprint density at radius 3 is 2.41 bits per heavy atom. The van der Waals surface area contributed by atoms with Gasteiger partial charge in [0.2, 0.25) is 0 Å². The number of halogens is 1. The van der Waals surface area contributed by atoms with E-state index in [1.54, 1.807) is 11.0 Å². The number of Topliss-reactive ketones (excluding diaryl/α,β-unsaturated/α-hetero) is 1. The summed E-state index contributed by atoms with van der Waals surface area (Å²) in [7, 11) is 0. The monoisotopic (exact) mass is 483 g/mol. The maximum atomic E-state index is 12.7. The molecule has 6 nitrogen and oxygen atoms in total. The van der Waals surface area contributed by atoms with E-state index in [0.29, 0.717) is 31.0 Å². The Bertz CT molecular complexity index is 1060. The summed E-state index contributed by atoms with van der Waals surface area (Å²) in [6.45, 7) is 1.08. The maximum absolute atomic E-state index is 12.7. The lowest BCUT2D eigenvalue weighted by Crippen LogP contribution is -2.39. The summed E-state index contributed by atoms with van der Waals surface area (Å²) in [4.78, 5) is 37.8. The molecular weight excluding hydrogens is 454 g/mol. The number of nitrogens with zero attached hydrogens (tertiary/aromatic N) is 1. The molecule has 1 aliphatic carbocycles. The first-order valence-corrected chi connectivity index (χ1v) is 12.3. The van der Waals surface area contributed by atoms with Gasteiger partial charge in [-0.2, -0.15) is 0 Å². The van der Waals surface area contributed by atoms with E-state index in [1.165, 1.54) is 5.56 Å². The van der Waals surface area contributed by atoms with Crippen LogP contribution >= 0.6 is 11.6 Å². The first-order valence-electron chi connectivity index (χ1n) is 11.9. The number of rotatable bonds is 7. The van der Waals surface area contributed by atoms with Crippen molar-refractivity contribution in [2.45, 2.75) is 64.0 Å². The highest BCUT2D eigenvalue weighted by Crippen LogP contribution is 2.29. The fourth-order valence-electron chi connectivity index (χ4n) is 4.95. The number of carbonyl (C=O) groups is 3. The van der Waals surface area contributed by atoms with Crippen LogP contribution in [0.5, 0.6) is 0 Å². The number of hydrogen-bond donors (Lipinski definition) is 1. The van der Waals surface area contributed by atoms with Gasteiger partial charge in [0, 0.05) is 37.4 Å². The van der Waals surface area contributed by atoms with Crippen molar-refractivity contribution in [2.24, 2.45) is 5.92 Å². The number of aliphatic carboxylic acids is 1. The van der Waals surface area contributed by atoms with Crippen molar-refractivity contribution in [3.63, 3.8) is 0 Å². The molecule has 7 heteroatoms. The van der Waals surface area contributed by atoms with Gasteiger partial charge >= 0.3 is 12.1 Å². The Hall–Kier alpha value is -2.86. The Morgan fingerprint density at radius 1 is 0.971 bits per heavy atom. The highest BCUT2D eigenvalue weighted by molar-refractivity contribution is 6.30. The molecule has 34 heavy (non-hydrogen) atoms. The van der Waals surface area contributed by atoms with E-state index in [0.717, 1.165) is 48.8 Å². The number of benzene rings is 2. The first kappa shape index (κ1) is 24.3. The smallest absolute Gasteiger partial charge is 0.410 e. The molecule has 0 unspecified atom stereocenters. The van der Waals surface area contributed by atoms with Crippen LogP contribution in [0.2, 0.25) is 5.02 Å². The molecule has 2 aliphatic rings. The molecule has 1 amide bonds. The van der Waals surface area contributed by atoms with Crippen LogP contribution < -0.4 is 0 Å². The SMILES string of the molecule is O=C(O)CC1CCC(OC(=O)N2CCc3cc(CC(=O)Cc4cccc(Cl)c4)ccc3C2)CC1. The number of carbonyl (C=O) groups excluding carboxylic acids is 2. The molecule has 1 fully saturated rings. The number of fused-ring (bicyclic) bond motifs is 1. The zero-order valence-corrected chi connectivity index (χ0v) is 19.9. The van der Waals surface area contributed by atoms with Crippen molar-refractivity contribution in [1.29, 1.82) is 0 Å². The van der Waals surface area contributed by atoms with Gasteiger partial charge in [-0.15, -0.1) is 0 Å². The lowest BCUT2D eigenvalue weighted by molar-refractivity contribution is -0.138. The highest BCUT2D eigenvalue weighted by Gasteiger charge is 2.28. The minimum atomic E-state index is -0.763. The predicted octanol–water partition coefficient (Wildman–Crippen LogP) is 5.22. The summed E-state index contributed by atoms with van der Waals surface area (Å²) >= 11 is 6.01. The van der Waals surface area contributed by atoms with Gasteiger partial charge in [0.1, 0.15) is 11.9 Å². The molecule has 0 bridgehead atoms. The Kier molecular flexibility index (Phi) is 7.88. The molecule has 0 atom stereocenters. The average molecular weight is 484 g/mol. The van der Waals surface area contributed by atoms with Crippen LogP contribution in [0, 0.1) is 5.92 Å². The average Bonchev–Trinajstić information content (AvgIpc) is 2.79. The van der Waals surface area contributed by atoms with Crippen LogP contribution in [-0.2, 0) is 40.1 Å². The molecule has 0 spiro atoms. The molecule has 180 valence electrons. The largest absolute Gasteiger partial charge is 0.481 e. The second kappa shape index (κ2) is 11.0. The van der Waals surface area contributed by atoms with Gasteiger partial charge in [0.05, 0.1) is 0 Å². The van der Waals surface area contributed by atoms with Gasteiger partial charge in [-0.25, -0.2) is 4.79 Å². The molecule has 0 aromatic heterocycles. The lowest BCUT2D eigenvalue weighted by Gasteiger charge is -2.32.